The Morgan fingerprint density at radius 3 is 2.31 bits per heavy atom. The van der Waals surface area contributed by atoms with E-state index >= 15 is 0 Å². The summed E-state index contributed by atoms with van der Waals surface area (Å²) in [6, 6.07) is 0.173. The van der Waals surface area contributed by atoms with Gasteiger partial charge in [-0.2, -0.15) is 0 Å². The van der Waals surface area contributed by atoms with Gasteiger partial charge in [0.05, 0.1) is 12.1 Å². The minimum atomic E-state index is -0.259. The molecular weight excluding hydrogens is 204 g/mol. The summed E-state index contributed by atoms with van der Waals surface area (Å²) in [4.78, 5) is 11.7. The van der Waals surface area contributed by atoms with Crippen LogP contribution >= 0.6 is 0 Å². The summed E-state index contributed by atoms with van der Waals surface area (Å²) in [6.45, 7) is 9.79. The first-order valence-electron chi connectivity index (χ1n) is 5.99. The van der Waals surface area contributed by atoms with E-state index in [1.165, 1.54) is 0 Å². The van der Waals surface area contributed by atoms with Gasteiger partial charge in [0.15, 0.2) is 0 Å². The van der Waals surface area contributed by atoms with Crippen LogP contribution in [0, 0.1) is 5.41 Å². The first kappa shape index (κ1) is 13.5. The molecule has 4 nitrogen and oxygen atoms in total. The molecule has 3 unspecified atom stereocenters. The van der Waals surface area contributed by atoms with Crippen LogP contribution in [0.2, 0.25) is 0 Å². The maximum atomic E-state index is 11.7. The number of aliphatic hydroxyl groups is 1. The van der Waals surface area contributed by atoms with Crippen LogP contribution in [0.3, 0.4) is 0 Å². The zero-order chi connectivity index (χ0) is 12.5. The van der Waals surface area contributed by atoms with Crippen molar-refractivity contribution in [3.8, 4) is 0 Å². The van der Waals surface area contributed by atoms with Crippen LogP contribution in [-0.4, -0.2) is 35.2 Å². The number of rotatable bonds is 4. The van der Waals surface area contributed by atoms with E-state index in [2.05, 4.69) is 10.6 Å². The molecule has 0 heterocycles. The molecule has 0 aliphatic heterocycles. The van der Waals surface area contributed by atoms with E-state index in [0.29, 0.717) is 0 Å². The zero-order valence-corrected chi connectivity index (χ0v) is 10.9. The summed E-state index contributed by atoms with van der Waals surface area (Å²) in [5.41, 5.74) is -0.133. The minimum absolute atomic E-state index is 0.0205. The van der Waals surface area contributed by atoms with Crippen molar-refractivity contribution in [3.05, 3.63) is 0 Å². The number of carbonyl (C=O) groups is 1. The van der Waals surface area contributed by atoms with Gasteiger partial charge in [0.25, 0.3) is 0 Å². The first-order chi connectivity index (χ1) is 7.25. The van der Waals surface area contributed by atoms with Crippen molar-refractivity contribution < 1.29 is 9.90 Å². The summed E-state index contributed by atoms with van der Waals surface area (Å²) in [6.07, 6.45) is 0.470. The fourth-order valence-electron chi connectivity index (χ4n) is 1.97. The fraction of sp³-hybridized carbons (Fsp3) is 0.917. The van der Waals surface area contributed by atoms with Gasteiger partial charge < -0.3 is 15.7 Å². The second kappa shape index (κ2) is 4.72. The molecule has 0 aromatic heterocycles. The molecule has 3 atom stereocenters. The van der Waals surface area contributed by atoms with Gasteiger partial charge >= 0.3 is 0 Å². The number of carbonyl (C=O) groups excluding carboxylic acids is 1. The minimum Gasteiger partial charge on any atom is -0.392 e. The van der Waals surface area contributed by atoms with Crippen molar-refractivity contribution in [2.45, 2.75) is 65.3 Å². The van der Waals surface area contributed by atoms with Gasteiger partial charge in [0.1, 0.15) is 0 Å². The van der Waals surface area contributed by atoms with Gasteiger partial charge in [0.2, 0.25) is 5.91 Å². The second-order valence-corrected chi connectivity index (χ2v) is 5.68. The van der Waals surface area contributed by atoms with Crippen LogP contribution in [0.5, 0.6) is 0 Å². The molecule has 1 rings (SSSR count). The van der Waals surface area contributed by atoms with Crippen molar-refractivity contribution in [2.75, 3.05) is 0 Å². The Hall–Kier alpha value is -0.610. The van der Waals surface area contributed by atoms with E-state index in [0.717, 1.165) is 6.42 Å². The van der Waals surface area contributed by atoms with E-state index in [1.54, 1.807) is 0 Å². The third kappa shape index (κ3) is 2.74. The molecule has 3 N–H and O–H groups in total. The lowest BCUT2D eigenvalue weighted by atomic mass is 9.64. The highest BCUT2D eigenvalue weighted by molar-refractivity contribution is 5.81. The van der Waals surface area contributed by atoms with Crippen molar-refractivity contribution in [1.29, 1.82) is 0 Å². The van der Waals surface area contributed by atoms with Gasteiger partial charge in [-0.3, -0.25) is 4.79 Å². The zero-order valence-electron chi connectivity index (χ0n) is 10.9. The maximum Gasteiger partial charge on any atom is 0.237 e. The Bertz CT molecular complexity index is 264. The fourth-order valence-corrected chi connectivity index (χ4v) is 1.97. The van der Waals surface area contributed by atoms with Crippen molar-refractivity contribution >= 4 is 5.91 Å². The Balaban J connectivity index is 2.41. The van der Waals surface area contributed by atoms with Gasteiger partial charge in [-0.05, 0) is 27.2 Å². The number of aliphatic hydroxyl groups excluding tert-OH is 1. The maximum absolute atomic E-state index is 11.7. The third-order valence-corrected chi connectivity index (χ3v) is 3.49. The van der Waals surface area contributed by atoms with E-state index in [-0.39, 0.29) is 35.6 Å². The van der Waals surface area contributed by atoms with Gasteiger partial charge in [0, 0.05) is 17.5 Å². The average Bonchev–Trinajstić information content (AvgIpc) is 2.16. The third-order valence-electron chi connectivity index (χ3n) is 3.49. The lowest BCUT2D eigenvalue weighted by Gasteiger charge is -2.50. The first-order valence-corrected chi connectivity index (χ1v) is 5.99. The van der Waals surface area contributed by atoms with E-state index < -0.39 is 0 Å². The molecule has 1 fully saturated rings. The molecule has 0 aromatic carbocycles. The normalized spacial score (nSPS) is 29.7. The summed E-state index contributed by atoms with van der Waals surface area (Å²) in [5, 5.41) is 15.7. The Morgan fingerprint density at radius 2 is 1.94 bits per heavy atom. The molecule has 0 bridgehead atoms. The quantitative estimate of drug-likeness (QED) is 0.662. The van der Waals surface area contributed by atoms with E-state index in [1.807, 2.05) is 34.6 Å². The highest BCUT2D eigenvalue weighted by Gasteiger charge is 2.47. The number of hydrogen-bond donors (Lipinski definition) is 3. The monoisotopic (exact) mass is 228 g/mol. The van der Waals surface area contributed by atoms with Crippen LogP contribution in [0.25, 0.3) is 0 Å². The Labute approximate surface area is 97.8 Å². The molecule has 4 heteroatoms. The van der Waals surface area contributed by atoms with Crippen molar-refractivity contribution in [1.82, 2.24) is 10.6 Å². The molecule has 0 aromatic rings. The molecular formula is C12H24N2O2. The standard InChI is InChI=1S/C12H24N2O2/c1-7(2)13-11(16)8(3)14-9-6-10(15)12(9,4)5/h7-10,14-15H,6H2,1-5H3,(H,13,16). The molecule has 1 aliphatic carbocycles. The molecule has 0 spiro atoms. The number of amides is 1. The smallest absolute Gasteiger partial charge is 0.237 e. The topological polar surface area (TPSA) is 61.4 Å². The summed E-state index contributed by atoms with van der Waals surface area (Å²) in [7, 11) is 0. The Morgan fingerprint density at radius 1 is 1.38 bits per heavy atom. The number of hydrogen-bond acceptors (Lipinski definition) is 3. The van der Waals surface area contributed by atoms with Gasteiger partial charge in [-0.25, -0.2) is 0 Å². The van der Waals surface area contributed by atoms with Crippen LogP contribution in [0.4, 0.5) is 0 Å². The summed E-state index contributed by atoms with van der Waals surface area (Å²) < 4.78 is 0. The molecule has 1 aliphatic rings. The van der Waals surface area contributed by atoms with Crippen LogP contribution in [0.1, 0.15) is 41.0 Å². The predicted octanol–water partition coefficient (Wildman–Crippen LogP) is 0.648. The molecule has 16 heavy (non-hydrogen) atoms. The van der Waals surface area contributed by atoms with Crippen LogP contribution < -0.4 is 10.6 Å². The largest absolute Gasteiger partial charge is 0.392 e. The van der Waals surface area contributed by atoms with E-state index in [4.69, 9.17) is 0 Å². The van der Waals surface area contributed by atoms with E-state index in [9.17, 15) is 9.90 Å². The number of nitrogens with one attached hydrogen (secondary N) is 2. The summed E-state index contributed by atoms with van der Waals surface area (Å²) >= 11 is 0. The second-order valence-electron chi connectivity index (χ2n) is 5.68. The predicted molar refractivity (Wildman–Crippen MR) is 64.1 cm³/mol. The molecule has 1 saturated carbocycles. The SMILES string of the molecule is CC(C)NC(=O)C(C)NC1CC(O)C1(C)C. The lowest BCUT2D eigenvalue weighted by Crippen LogP contribution is -2.63. The highest BCUT2D eigenvalue weighted by atomic mass is 16.3. The van der Waals surface area contributed by atoms with Gasteiger partial charge in [-0.15, -0.1) is 0 Å². The van der Waals surface area contributed by atoms with Crippen LogP contribution in [-0.2, 0) is 4.79 Å². The van der Waals surface area contributed by atoms with Crippen molar-refractivity contribution in [3.63, 3.8) is 0 Å². The highest BCUT2D eigenvalue weighted by Crippen LogP contribution is 2.40. The molecule has 1 amide bonds. The lowest BCUT2D eigenvalue weighted by molar-refractivity contribution is -0.126. The molecule has 94 valence electrons. The average molecular weight is 228 g/mol. The van der Waals surface area contributed by atoms with Crippen LogP contribution in [0.15, 0.2) is 0 Å². The van der Waals surface area contributed by atoms with Gasteiger partial charge in [-0.1, -0.05) is 13.8 Å². The van der Waals surface area contributed by atoms with Crippen molar-refractivity contribution in [2.24, 2.45) is 5.41 Å². The summed E-state index contributed by atoms with van der Waals surface area (Å²) in [5.74, 6) is 0.0205. The Kier molecular flexibility index (Phi) is 3.97. The molecule has 0 radical (unpaired) electrons. The molecule has 0 saturated heterocycles.